The van der Waals surface area contributed by atoms with Crippen LogP contribution in [0.2, 0.25) is 5.02 Å². The summed E-state index contributed by atoms with van der Waals surface area (Å²) in [7, 11) is -2.23. The van der Waals surface area contributed by atoms with Gasteiger partial charge in [0.2, 0.25) is 0 Å². The van der Waals surface area contributed by atoms with Crippen LogP contribution in [0.25, 0.3) is 11.3 Å². The summed E-state index contributed by atoms with van der Waals surface area (Å²) in [4.78, 5) is 3.76. The van der Waals surface area contributed by atoms with Crippen molar-refractivity contribution in [3.8, 4) is 11.3 Å². The van der Waals surface area contributed by atoms with Crippen LogP contribution in [0.4, 0.5) is 4.39 Å². The highest BCUT2D eigenvalue weighted by atomic mass is 35.5. The Morgan fingerprint density at radius 3 is 2.62 bits per heavy atom. The molecular formula is C17H16Cl2FN3O2S. The van der Waals surface area contributed by atoms with Gasteiger partial charge < -0.3 is 5.32 Å². The fourth-order valence-corrected chi connectivity index (χ4v) is 4.13. The predicted molar refractivity (Wildman–Crippen MR) is 102 cm³/mol. The molecule has 0 atom stereocenters. The maximum atomic E-state index is 14.2. The van der Waals surface area contributed by atoms with E-state index in [1.54, 1.807) is 25.2 Å². The van der Waals surface area contributed by atoms with Gasteiger partial charge in [0, 0.05) is 30.7 Å². The van der Waals surface area contributed by atoms with Crippen molar-refractivity contribution < 1.29 is 12.8 Å². The van der Waals surface area contributed by atoms with Gasteiger partial charge in [-0.2, -0.15) is 0 Å². The van der Waals surface area contributed by atoms with E-state index >= 15 is 0 Å². The van der Waals surface area contributed by atoms with Crippen molar-refractivity contribution in [3.05, 3.63) is 71.4 Å². The summed E-state index contributed by atoms with van der Waals surface area (Å²) in [6.45, 7) is 0.442. The topological polar surface area (TPSA) is 64.0 Å². The largest absolute Gasteiger partial charge is 0.316 e. The molecular weight excluding hydrogens is 400 g/mol. The summed E-state index contributed by atoms with van der Waals surface area (Å²) >= 11 is 5.87. The molecule has 26 heavy (non-hydrogen) atoms. The Bertz CT molecular complexity index is 1020. The van der Waals surface area contributed by atoms with Crippen molar-refractivity contribution in [1.29, 1.82) is 0 Å². The molecule has 1 N–H and O–H groups in total. The molecule has 2 heterocycles. The molecule has 0 radical (unpaired) electrons. The summed E-state index contributed by atoms with van der Waals surface area (Å²) in [6, 6.07) is 8.99. The standard InChI is InChI=1S/C17H15ClFN3O2S.ClH/c1-20-8-12-6-17(15-4-2-3-5-16(15)19)22(11-12)25(23,24)14-7-13(18)9-21-10-14;/h2-7,9-11,20H,8H2,1H3;1H. The van der Waals surface area contributed by atoms with Crippen LogP contribution in [0, 0.1) is 5.82 Å². The van der Waals surface area contributed by atoms with Gasteiger partial charge in [-0.05, 0) is 36.9 Å². The zero-order valence-electron chi connectivity index (χ0n) is 13.7. The monoisotopic (exact) mass is 415 g/mol. The van der Waals surface area contributed by atoms with E-state index in [-0.39, 0.29) is 33.6 Å². The van der Waals surface area contributed by atoms with Crippen LogP contribution in [-0.2, 0) is 16.6 Å². The van der Waals surface area contributed by atoms with E-state index in [1.807, 2.05) is 0 Å². The van der Waals surface area contributed by atoms with E-state index < -0.39 is 15.8 Å². The summed E-state index contributed by atoms with van der Waals surface area (Å²) in [6.07, 6.45) is 4.03. The highest BCUT2D eigenvalue weighted by Gasteiger charge is 2.23. The Hall–Kier alpha value is -1.93. The van der Waals surface area contributed by atoms with Crippen LogP contribution in [0.3, 0.4) is 0 Å². The van der Waals surface area contributed by atoms with Gasteiger partial charge in [-0.15, -0.1) is 12.4 Å². The van der Waals surface area contributed by atoms with E-state index in [9.17, 15) is 12.8 Å². The molecule has 138 valence electrons. The van der Waals surface area contributed by atoms with E-state index in [2.05, 4.69) is 10.3 Å². The third-order valence-corrected chi connectivity index (χ3v) is 5.46. The highest BCUT2D eigenvalue weighted by molar-refractivity contribution is 7.90. The molecule has 3 rings (SSSR count). The van der Waals surface area contributed by atoms with E-state index in [4.69, 9.17) is 11.6 Å². The second kappa shape index (κ2) is 8.18. The fourth-order valence-electron chi connectivity index (χ4n) is 2.51. The van der Waals surface area contributed by atoms with Crippen molar-refractivity contribution >= 4 is 34.0 Å². The lowest BCUT2D eigenvalue weighted by molar-refractivity contribution is 0.587. The predicted octanol–water partition coefficient (Wildman–Crippen LogP) is 3.72. The first kappa shape index (κ1) is 20.4. The van der Waals surface area contributed by atoms with Crippen LogP contribution in [0.5, 0.6) is 0 Å². The van der Waals surface area contributed by atoms with Crippen LogP contribution >= 0.6 is 24.0 Å². The lowest BCUT2D eigenvalue weighted by Crippen LogP contribution is -2.14. The van der Waals surface area contributed by atoms with Gasteiger partial charge >= 0.3 is 0 Å². The number of hydrogen-bond donors (Lipinski definition) is 1. The number of rotatable bonds is 5. The quantitative estimate of drug-likeness (QED) is 0.689. The van der Waals surface area contributed by atoms with Crippen LogP contribution in [0.1, 0.15) is 5.56 Å². The number of pyridine rings is 1. The first-order valence-electron chi connectivity index (χ1n) is 7.40. The number of nitrogens with one attached hydrogen (secondary N) is 1. The maximum absolute atomic E-state index is 14.2. The minimum absolute atomic E-state index is 0. The molecule has 0 saturated heterocycles. The van der Waals surface area contributed by atoms with Gasteiger partial charge in [0.05, 0.1) is 10.7 Å². The molecule has 0 bridgehead atoms. The summed E-state index contributed by atoms with van der Waals surface area (Å²) in [5, 5.41) is 3.16. The average molecular weight is 416 g/mol. The Morgan fingerprint density at radius 1 is 1.23 bits per heavy atom. The third-order valence-electron chi connectivity index (χ3n) is 3.61. The SMILES string of the molecule is CNCc1cc(-c2ccccc2F)n(S(=O)(=O)c2cncc(Cl)c2)c1.Cl. The second-order valence-electron chi connectivity index (χ2n) is 5.38. The van der Waals surface area contributed by atoms with Crippen molar-refractivity contribution in [2.75, 3.05) is 7.05 Å². The zero-order valence-corrected chi connectivity index (χ0v) is 16.1. The number of halogens is 3. The van der Waals surface area contributed by atoms with Crippen molar-refractivity contribution in [2.24, 2.45) is 0 Å². The Morgan fingerprint density at radius 2 is 1.96 bits per heavy atom. The van der Waals surface area contributed by atoms with Crippen LogP contribution < -0.4 is 5.32 Å². The number of aromatic nitrogens is 2. The normalized spacial score (nSPS) is 11.2. The molecule has 0 aliphatic heterocycles. The van der Waals surface area contributed by atoms with Crippen molar-refractivity contribution in [2.45, 2.75) is 11.4 Å². The molecule has 0 saturated carbocycles. The maximum Gasteiger partial charge on any atom is 0.269 e. The summed E-state index contributed by atoms with van der Waals surface area (Å²) in [5.74, 6) is -0.503. The minimum atomic E-state index is -3.98. The van der Waals surface area contributed by atoms with Gasteiger partial charge in [0.1, 0.15) is 10.7 Å². The van der Waals surface area contributed by atoms with Gasteiger partial charge in [0.15, 0.2) is 0 Å². The Kier molecular flexibility index (Phi) is 6.41. The highest BCUT2D eigenvalue weighted by Crippen LogP contribution is 2.29. The molecule has 9 heteroatoms. The molecule has 0 fully saturated rings. The fraction of sp³-hybridized carbons (Fsp3) is 0.118. The van der Waals surface area contributed by atoms with Gasteiger partial charge in [-0.25, -0.2) is 16.8 Å². The van der Waals surface area contributed by atoms with E-state index in [1.165, 1.54) is 36.8 Å². The number of hydrogen-bond acceptors (Lipinski definition) is 4. The third kappa shape index (κ3) is 3.91. The van der Waals surface area contributed by atoms with Crippen LogP contribution in [0.15, 0.2) is 59.9 Å². The molecule has 0 aliphatic rings. The first-order chi connectivity index (χ1) is 11.9. The average Bonchev–Trinajstić information content (AvgIpc) is 3.00. The van der Waals surface area contributed by atoms with Gasteiger partial charge in [0.25, 0.3) is 10.0 Å². The smallest absolute Gasteiger partial charge is 0.269 e. The van der Waals surface area contributed by atoms with E-state index in [0.29, 0.717) is 12.1 Å². The molecule has 0 unspecified atom stereocenters. The molecule has 2 aromatic heterocycles. The Balaban J connectivity index is 0.00000243. The molecule has 5 nitrogen and oxygen atoms in total. The molecule has 0 spiro atoms. The van der Waals surface area contributed by atoms with Gasteiger partial charge in [-0.3, -0.25) is 4.98 Å². The molecule has 0 amide bonds. The number of benzene rings is 1. The molecule has 1 aromatic carbocycles. The molecule has 3 aromatic rings. The van der Waals surface area contributed by atoms with E-state index in [0.717, 1.165) is 3.97 Å². The number of nitrogens with zero attached hydrogens (tertiary/aromatic N) is 2. The first-order valence-corrected chi connectivity index (χ1v) is 9.22. The second-order valence-corrected chi connectivity index (χ2v) is 7.63. The summed E-state index contributed by atoms with van der Waals surface area (Å²) < 4.78 is 41.4. The summed E-state index contributed by atoms with van der Waals surface area (Å²) in [5.41, 5.74) is 1.14. The van der Waals surface area contributed by atoms with Crippen molar-refractivity contribution in [1.82, 2.24) is 14.3 Å². The molecule has 0 aliphatic carbocycles. The van der Waals surface area contributed by atoms with Crippen molar-refractivity contribution in [3.63, 3.8) is 0 Å². The van der Waals surface area contributed by atoms with Crippen LogP contribution in [-0.4, -0.2) is 24.4 Å². The van der Waals surface area contributed by atoms with Gasteiger partial charge in [-0.1, -0.05) is 23.7 Å². The lowest BCUT2D eigenvalue weighted by Gasteiger charge is -2.11. The lowest BCUT2D eigenvalue weighted by atomic mass is 10.1. The minimum Gasteiger partial charge on any atom is -0.316 e. The zero-order chi connectivity index (χ0) is 18.0. The Labute approximate surface area is 162 Å².